The Morgan fingerprint density at radius 1 is 1.31 bits per heavy atom. The molecule has 1 saturated carbocycles. The van der Waals surface area contributed by atoms with Gasteiger partial charge in [-0.1, -0.05) is 0 Å². The molecule has 2 aliphatic rings. The zero-order valence-corrected chi connectivity index (χ0v) is 8.91. The quantitative estimate of drug-likeness (QED) is 0.718. The van der Waals surface area contributed by atoms with Crippen LogP contribution in [0.2, 0.25) is 0 Å². The molecule has 0 aromatic heterocycles. The molecule has 13 heavy (non-hydrogen) atoms. The highest BCUT2D eigenvalue weighted by Gasteiger charge is 2.33. The number of aliphatic hydroxyl groups excluding tert-OH is 1. The molecule has 0 spiro atoms. The van der Waals surface area contributed by atoms with Gasteiger partial charge in [-0.2, -0.15) is 11.8 Å². The molecule has 2 nitrogen and oxygen atoms in total. The third-order valence-electron chi connectivity index (χ3n) is 3.22. The van der Waals surface area contributed by atoms with E-state index in [0.29, 0.717) is 6.61 Å². The summed E-state index contributed by atoms with van der Waals surface area (Å²) in [5.74, 6) is 3.33. The van der Waals surface area contributed by atoms with Gasteiger partial charge in [-0.25, -0.2) is 0 Å². The lowest BCUT2D eigenvalue weighted by Crippen LogP contribution is -2.51. The summed E-state index contributed by atoms with van der Waals surface area (Å²) in [6.45, 7) is 1.45. The number of hydrogen-bond donors (Lipinski definition) is 2. The zero-order chi connectivity index (χ0) is 9.15. The number of rotatable bonds is 4. The van der Waals surface area contributed by atoms with Gasteiger partial charge in [0.15, 0.2) is 0 Å². The van der Waals surface area contributed by atoms with E-state index in [1.165, 1.54) is 24.3 Å². The maximum absolute atomic E-state index is 9.40. The van der Waals surface area contributed by atoms with Crippen molar-refractivity contribution in [3.63, 3.8) is 0 Å². The molecular weight excluding hydrogens is 182 g/mol. The van der Waals surface area contributed by atoms with Crippen molar-refractivity contribution in [2.75, 3.05) is 24.7 Å². The molecule has 2 fully saturated rings. The predicted molar refractivity (Wildman–Crippen MR) is 57.1 cm³/mol. The van der Waals surface area contributed by atoms with Gasteiger partial charge in [0, 0.05) is 5.54 Å². The Kier molecular flexibility index (Phi) is 3.17. The van der Waals surface area contributed by atoms with Gasteiger partial charge in [0.2, 0.25) is 0 Å². The Hall–Kier alpha value is 0.270. The second kappa shape index (κ2) is 4.20. The van der Waals surface area contributed by atoms with E-state index in [1.54, 1.807) is 0 Å². The molecule has 1 aliphatic heterocycles. The van der Waals surface area contributed by atoms with Gasteiger partial charge in [-0.3, -0.25) is 0 Å². The smallest absolute Gasteiger partial charge is 0.0613 e. The highest BCUT2D eigenvalue weighted by Crippen LogP contribution is 2.31. The van der Waals surface area contributed by atoms with Crippen molar-refractivity contribution in [3.8, 4) is 0 Å². The van der Waals surface area contributed by atoms with Crippen molar-refractivity contribution in [2.24, 2.45) is 5.92 Å². The molecule has 0 aromatic rings. The van der Waals surface area contributed by atoms with Crippen LogP contribution in [0.25, 0.3) is 0 Å². The predicted octanol–water partition coefficient (Wildman–Crippen LogP) is 1.24. The molecule has 0 aromatic carbocycles. The third kappa shape index (κ3) is 2.61. The summed E-state index contributed by atoms with van der Waals surface area (Å²) in [5, 5.41) is 13.0. The maximum Gasteiger partial charge on any atom is 0.0613 e. The lowest BCUT2D eigenvalue weighted by atomic mass is 9.93. The van der Waals surface area contributed by atoms with Crippen LogP contribution in [-0.2, 0) is 0 Å². The Morgan fingerprint density at radius 3 is 2.54 bits per heavy atom. The van der Waals surface area contributed by atoms with Gasteiger partial charge < -0.3 is 10.4 Å². The van der Waals surface area contributed by atoms with Crippen LogP contribution in [0.15, 0.2) is 0 Å². The normalized spacial score (nSPS) is 27.5. The van der Waals surface area contributed by atoms with Crippen molar-refractivity contribution in [1.82, 2.24) is 5.32 Å². The van der Waals surface area contributed by atoms with E-state index in [-0.39, 0.29) is 5.54 Å². The molecule has 0 unspecified atom stereocenters. The molecule has 1 aliphatic carbocycles. The number of hydrogen-bond acceptors (Lipinski definition) is 3. The summed E-state index contributed by atoms with van der Waals surface area (Å²) >= 11 is 2.01. The Labute approximate surface area is 84.5 Å². The van der Waals surface area contributed by atoms with Crippen LogP contribution >= 0.6 is 11.8 Å². The molecule has 0 amide bonds. The molecule has 1 heterocycles. The fraction of sp³-hybridized carbons (Fsp3) is 1.00. The third-order valence-corrected chi connectivity index (χ3v) is 4.20. The summed E-state index contributed by atoms with van der Waals surface area (Å²) in [4.78, 5) is 0. The van der Waals surface area contributed by atoms with E-state index >= 15 is 0 Å². The van der Waals surface area contributed by atoms with E-state index in [2.05, 4.69) is 5.32 Å². The number of thioether (sulfide) groups is 1. The van der Waals surface area contributed by atoms with Gasteiger partial charge in [-0.05, 0) is 49.7 Å². The molecule has 2 N–H and O–H groups in total. The number of nitrogens with one attached hydrogen (secondary N) is 1. The Balaban J connectivity index is 1.80. The zero-order valence-electron chi connectivity index (χ0n) is 8.09. The van der Waals surface area contributed by atoms with Crippen LogP contribution in [0.5, 0.6) is 0 Å². The monoisotopic (exact) mass is 201 g/mol. The molecule has 0 radical (unpaired) electrons. The van der Waals surface area contributed by atoms with E-state index < -0.39 is 0 Å². The van der Waals surface area contributed by atoms with Crippen LogP contribution < -0.4 is 5.32 Å². The van der Waals surface area contributed by atoms with Crippen molar-refractivity contribution < 1.29 is 5.11 Å². The van der Waals surface area contributed by atoms with Gasteiger partial charge in [0.1, 0.15) is 0 Å². The fourth-order valence-corrected chi connectivity index (χ4v) is 3.11. The Morgan fingerprint density at radius 2 is 2.00 bits per heavy atom. The molecule has 3 heteroatoms. The van der Waals surface area contributed by atoms with Gasteiger partial charge in [-0.15, -0.1) is 0 Å². The van der Waals surface area contributed by atoms with Gasteiger partial charge >= 0.3 is 0 Å². The first-order valence-corrected chi connectivity index (χ1v) is 6.44. The summed E-state index contributed by atoms with van der Waals surface area (Å²) in [7, 11) is 0. The highest BCUT2D eigenvalue weighted by molar-refractivity contribution is 7.99. The van der Waals surface area contributed by atoms with Crippen LogP contribution in [0.4, 0.5) is 0 Å². The first kappa shape index (κ1) is 9.81. The van der Waals surface area contributed by atoms with Gasteiger partial charge in [0.25, 0.3) is 0 Å². The van der Waals surface area contributed by atoms with Gasteiger partial charge in [0.05, 0.1) is 6.61 Å². The standard InChI is InChI=1S/C10H19NOS/c12-8-10(3-5-13-6-4-10)11-7-9-1-2-9/h9,11-12H,1-8H2. The first-order valence-electron chi connectivity index (χ1n) is 5.28. The van der Waals surface area contributed by atoms with Crippen LogP contribution in [0, 0.1) is 5.92 Å². The lowest BCUT2D eigenvalue weighted by molar-refractivity contribution is 0.149. The summed E-state index contributed by atoms with van der Waals surface area (Å²) in [6.07, 6.45) is 5.06. The largest absolute Gasteiger partial charge is 0.394 e. The molecule has 0 atom stereocenters. The van der Waals surface area contributed by atoms with E-state index in [1.807, 2.05) is 11.8 Å². The van der Waals surface area contributed by atoms with Crippen LogP contribution in [0.1, 0.15) is 25.7 Å². The van der Waals surface area contributed by atoms with Crippen molar-refractivity contribution in [2.45, 2.75) is 31.2 Å². The average molecular weight is 201 g/mol. The SMILES string of the molecule is OCC1(NCC2CC2)CCSCC1. The highest BCUT2D eigenvalue weighted by atomic mass is 32.2. The van der Waals surface area contributed by atoms with Crippen molar-refractivity contribution in [3.05, 3.63) is 0 Å². The minimum Gasteiger partial charge on any atom is -0.394 e. The van der Waals surface area contributed by atoms with Crippen molar-refractivity contribution in [1.29, 1.82) is 0 Å². The summed E-state index contributed by atoms with van der Waals surface area (Å²) in [6, 6.07) is 0. The fourth-order valence-electron chi connectivity index (χ4n) is 1.84. The van der Waals surface area contributed by atoms with E-state index in [9.17, 15) is 5.11 Å². The van der Waals surface area contributed by atoms with E-state index in [0.717, 1.165) is 25.3 Å². The Bertz CT molecular complexity index is 164. The second-order valence-corrected chi connectivity index (χ2v) is 5.60. The lowest BCUT2D eigenvalue weighted by Gasteiger charge is -2.36. The van der Waals surface area contributed by atoms with Crippen LogP contribution in [-0.4, -0.2) is 35.3 Å². The minimum atomic E-state index is 0.0772. The topological polar surface area (TPSA) is 32.3 Å². The molecule has 1 saturated heterocycles. The molecule has 76 valence electrons. The maximum atomic E-state index is 9.40. The summed E-state index contributed by atoms with van der Waals surface area (Å²) in [5.41, 5.74) is 0.0772. The minimum absolute atomic E-state index is 0.0772. The van der Waals surface area contributed by atoms with Crippen molar-refractivity contribution >= 4 is 11.8 Å². The average Bonchev–Trinajstić information content (AvgIpc) is 3.00. The van der Waals surface area contributed by atoms with E-state index in [4.69, 9.17) is 0 Å². The molecule has 0 bridgehead atoms. The van der Waals surface area contributed by atoms with Crippen LogP contribution in [0.3, 0.4) is 0 Å². The second-order valence-electron chi connectivity index (χ2n) is 4.38. The molecule has 2 rings (SSSR count). The first-order chi connectivity index (χ1) is 6.35. The summed E-state index contributed by atoms with van der Waals surface area (Å²) < 4.78 is 0. The number of aliphatic hydroxyl groups is 1. The molecular formula is C10H19NOS.